The molecular weight excluding hydrogens is 334 g/mol. The maximum atomic E-state index is 11.4. The fourth-order valence-corrected chi connectivity index (χ4v) is 2.83. The first kappa shape index (κ1) is 15.8. The number of aromatic nitrogens is 2. The van der Waals surface area contributed by atoms with Gasteiger partial charge in [0.05, 0.1) is 10.6 Å². The number of aromatic amines is 1. The Hall–Kier alpha value is -3.06. The molecule has 0 aliphatic carbocycles. The van der Waals surface area contributed by atoms with E-state index in [2.05, 4.69) is 4.98 Å². The molecule has 3 rings (SSSR count). The van der Waals surface area contributed by atoms with Crippen molar-refractivity contribution in [3.05, 3.63) is 69.1 Å². The minimum Gasteiger partial charge on any atom is -0.477 e. The molecule has 0 saturated carbocycles. The van der Waals surface area contributed by atoms with Crippen LogP contribution in [0.25, 0.3) is 16.9 Å². The second kappa shape index (κ2) is 5.86. The van der Waals surface area contributed by atoms with E-state index in [0.29, 0.717) is 16.9 Å². The van der Waals surface area contributed by atoms with E-state index in [0.717, 1.165) is 5.56 Å². The largest absolute Gasteiger partial charge is 0.477 e. The molecule has 0 spiro atoms. The molecule has 0 aliphatic heterocycles. The van der Waals surface area contributed by atoms with Gasteiger partial charge >= 0.3 is 5.97 Å². The van der Waals surface area contributed by atoms with Crippen LogP contribution in [-0.2, 0) is 0 Å². The Morgan fingerprint density at radius 1 is 1.38 bits per heavy atom. The highest BCUT2D eigenvalue weighted by atomic mass is 35.5. The maximum absolute atomic E-state index is 11.4. The van der Waals surface area contributed by atoms with Gasteiger partial charge in [0.1, 0.15) is 11.4 Å². The summed E-state index contributed by atoms with van der Waals surface area (Å²) >= 11 is 5.86. The number of aryl methyl sites for hydroxylation is 1. The van der Waals surface area contributed by atoms with E-state index in [-0.39, 0.29) is 16.4 Å². The molecule has 0 saturated heterocycles. The molecule has 0 amide bonds. The molecule has 122 valence electrons. The zero-order valence-electron chi connectivity index (χ0n) is 12.5. The average molecular weight is 346 g/mol. The molecule has 0 bridgehead atoms. The van der Waals surface area contributed by atoms with E-state index in [1.54, 1.807) is 42.1 Å². The standard InChI is InChI=1S/C16H12ClN3O4/c1-9-8-18-15(16(21)22)14(9)12-3-2-6-19(12)11-5-4-10(17)7-13(11)20(23)24/h2-8,18H,1H3,(H,21,22). The van der Waals surface area contributed by atoms with Crippen LogP contribution in [0.3, 0.4) is 0 Å². The van der Waals surface area contributed by atoms with E-state index < -0.39 is 10.9 Å². The number of rotatable bonds is 4. The first-order chi connectivity index (χ1) is 11.4. The summed E-state index contributed by atoms with van der Waals surface area (Å²) in [6.07, 6.45) is 3.23. The minimum atomic E-state index is -1.10. The second-order valence-corrected chi connectivity index (χ2v) is 5.62. The summed E-state index contributed by atoms with van der Waals surface area (Å²) in [4.78, 5) is 25.0. The topological polar surface area (TPSA) is 101 Å². The summed E-state index contributed by atoms with van der Waals surface area (Å²) in [5.41, 5.74) is 1.92. The quantitative estimate of drug-likeness (QED) is 0.550. The Morgan fingerprint density at radius 2 is 2.12 bits per heavy atom. The third kappa shape index (κ3) is 2.55. The van der Waals surface area contributed by atoms with Crippen molar-refractivity contribution in [2.45, 2.75) is 6.92 Å². The van der Waals surface area contributed by atoms with Gasteiger partial charge in [-0.05, 0) is 36.8 Å². The van der Waals surface area contributed by atoms with Crippen LogP contribution in [0.1, 0.15) is 16.1 Å². The van der Waals surface area contributed by atoms with Crippen molar-refractivity contribution >= 4 is 23.3 Å². The molecule has 2 aromatic heterocycles. The van der Waals surface area contributed by atoms with Gasteiger partial charge in [-0.2, -0.15) is 0 Å². The lowest BCUT2D eigenvalue weighted by molar-refractivity contribution is -0.384. The van der Waals surface area contributed by atoms with Crippen LogP contribution in [0.5, 0.6) is 0 Å². The normalized spacial score (nSPS) is 10.8. The van der Waals surface area contributed by atoms with E-state index in [4.69, 9.17) is 11.6 Å². The van der Waals surface area contributed by atoms with E-state index >= 15 is 0 Å². The number of benzene rings is 1. The highest BCUT2D eigenvalue weighted by molar-refractivity contribution is 6.30. The van der Waals surface area contributed by atoms with Crippen molar-refractivity contribution in [2.75, 3.05) is 0 Å². The third-order valence-corrected chi connectivity index (χ3v) is 3.92. The second-order valence-electron chi connectivity index (χ2n) is 5.18. The molecule has 3 aromatic rings. The zero-order valence-corrected chi connectivity index (χ0v) is 13.2. The van der Waals surface area contributed by atoms with Gasteiger partial charge in [-0.25, -0.2) is 4.79 Å². The molecule has 0 atom stereocenters. The Bertz CT molecular complexity index is 958. The Balaban J connectivity index is 2.26. The minimum absolute atomic E-state index is 0.0315. The lowest BCUT2D eigenvalue weighted by atomic mass is 10.1. The fourth-order valence-electron chi connectivity index (χ4n) is 2.66. The van der Waals surface area contributed by atoms with Crippen LogP contribution >= 0.6 is 11.6 Å². The molecule has 0 fully saturated rings. The lowest BCUT2D eigenvalue weighted by Gasteiger charge is -2.11. The summed E-state index contributed by atoms with van der Waals surface area (Å²) in [7, 11) is 0. The number of hydrogen-bond acceptors (Lipinski definition) is 3. The first-order valence-corrected chi connectivity index (χ1v) is 7.31. The van der Waals surface area contributed by atoms with Crippen LogP contribution in [-0.4, -0.2) is 25.6 Å². The molecule has 2 heterocycles. The molecule has 0 radical (unpaired) electrons. The first-order valence-electron chi connectivity index (χ1n) is 6.93. The summed E-state index contributed by atoms with van der Waals surface area (Å²) in [6.45, 7) is 1.77. The molecule has 2 N–H and O–H groups in total. The van der Waals surface area contributed by atoms with Gasteiger partial charge in [-0.3, -0.25) is 10.1 Å². The van der Waals surface area contributed by atoms with Crippen LogP contribution in [0.2, 0.25) is 5.02 Å². The van der Waals surface area contributed by atoms with Crippen molar-refractivity contribution in [2.24, 2.45) is 0 Å². The van der Waals surface area contributed by atoms with Gasteiger partial charge in [0.15, 0.2) is 0 Å². The number of halogens is 1. The molecular formula is C16H12ClN3O4. The summed E-state index contributed by atoms with van der Waals surface area (Å²) in [6, 6.07) is 7.76. The van der Waals surface area contributed by atoms with E-state index in [9.17, 15) is 20.0 Å². The van der Waals surface area contributed by atoms with E-state index in [1.165, 1.54) is 12.1 Å². The monoisotopic (exact) mass is 345 g/mol. The Morgan fingerprint density at radius 3 is 2.79 bits per heavy atom. The summed E-state index contributed by atoms with van der Waals surface area (Å²) in [5.74, 6) is -1.10. The van der Waals surface area contributed by atoms with Crippen LogP contribution < -0.4 is 0 Å². The van der Waals surface area contributed by atoms with Crippen LogP contribution in [0.15, 0.2) is 42.7 Å². The number of nitrogens with zero attached hydrogens (tertiary/aromatic N) is 2. The number of aromatic carboxylic acids is 1. The average Bonchev–Trinajstić information content (AvgIpc) is 3.13. The molecule has 1 aromatic carbocycles. The van der Waals surface area contributed by atoms with Crippen molar-refractivity contribution in [3.8, 4) is 16.9 Å². The number of nitrogens with one attached hydrogen (secondary N) is 1. The number of carbonyl (C=O) groups is 1. The highest BCUT2D eigenvalue weighted by Crippen LogP contribution is 2.34. The SMILES string of the molecule is Cc1c[nH]c(C(=O)O)c1-c1cccn1-c1ccc(Cl)cc1[N+](=O)[O-]. The Labute approximate surface area is 141 Å². The lowest BCUT2D eigenvalue weighted by Crippen LogP contribution is -2.04. The van der Waals surface area contributed by atoms with E-state index in [1.807, 2.05) is 0 Å². The van der Waals surface area contributed by atoms with Crippen molar-refractivity contribution in [1.82, 2.24) is 9.55 Å². The molecule has 0 unspecified atom stereocenters. The zero-order chi connectivity index (χ0) is 17.4. The number of nitro benzene ring substituents is 1. The van der Waals surface area contributed by atoms with Gasteiger partial charge in [-0.1, -0.05) is 11.6 Å². The van der Waals surface area contributed by atoms with Crippen LogP contribution in [0, 0.1) is 17.0 Å². The van der Waals surface area contributed by atoms with Crippen molar-refractivity contribution in [1.29, 1.82) is 0 Å². The summed E-state index contributed by atoms with van der Waals surface area (Å²) in [5, 5.41) is 20.9. The highest BCUT2D eigenvalue weighted by Gasteiger charge is 2.22. The van der Waals surface area contributed by atoms with Gasteiger partial charge in [0.25, 0.3) is 5.69 Å². The number of nitro groups is 1. The maximum Gasteiger partial charge on any atom is 0.353 e. The van der Waals surface area contributed by atoms with Gasteiger partial charge in [-0.15, -0.1) is 0 Å². The number of carboxylic acids is 1. The molecule has 7 nitrogen and oxygen atoms in total. The molecule has 24 heavy (non-hydrogen) atoms. The number of H-pyrrole nitrogens is 1. The van der Waals surface area contributed by atoms with Gasteiger partial charge in [0.2, 0.25) is 0 Å². The number of hydrogen-bond donors (Lipinski definition) is 2. The number of carboxylic acid groups (broad SMARTS) is 1. The van der Waals surface area contributed by atoms with Crippen molar-refractivity contribution < 1.29 is 14.8 Å². The van der Waals surface area contributed by atoms with Crippen molar-refractivity contribution in [3.63, 3.8) is 0 Å². The predicted molar refractivity (Wildman–Crippen MR) is 88.9 cm³/mol. The third-order valence-electron chi connectivity index (χ3n) is 3.69. The predicted octanol–water partition coefficient (Wildman–Crippen LogP) is 4.04. The van der Waals surface area contributed by atoms with Gasteiger partial charge in [0, 0.05) is 29.0 Å². The summed E-state index contributed by atoms with van der Waals surface area (Å²) < 4.78 is 1.58. The smallest absolute Gasteiger partial charge is 0.353 e. The van der Waals surface area contributed by atoms with Gasteiger partial charge < -0.3 is 14.7 Å². The van der Waals surface area contributed by atoms with Crippen LogP contribution in [0.4, 0.5) is 5.69 Å². The molecule has 0 aliphatic rings. The Kier molecular flexibility index (Phi) is 3.86. The fraction of sp³-hybridized carbons (Fsp3) is 0.0625. The molecule has 8 heteroatoms.